The zero-order valence-electron chi connectivity index (χ0n) is 12.1. The molecule has 0 aliphatic rings. The van der Waals surface area contributed by atoms with E-state index in [1.807, 2.05) is 27.7 Å². The van der Waals surface area contributed by atoms with Crippen LogP contribution in [0.25, 0.3) is 0 Å². The van der Waals surface area contributed by atoms with Crippen molar-refractivity contribution in [3.05, 3.63) is 0 Å². The van der Waals surface area contributed by atoms with Crippen molar-refractivity contribution in [3.63, 3.8) is 0 Å². The van der Waals surface area contributed by atoms with Gasteiger partial charge in [-0.25, -0.2) is 4.79 Å². The number of hydrogen-bond donors (Lipinski definition) is 2. The maximum absolute atomic E-state index is 11.9. The quantitative estimate of drug-likeness (QED) is 0.636. The topological polar surface area (TPSA) is 67.4 Å². The molecule has 3 atom stereocenters. The molecule has 0 aliphatic heterocycles. The van der Waals surface area contributed by atoms with Crippen LogP contribution in [0, 0.1) is 11.8 Å². The van der Waals surface area contributed by atoms with Crippen LogP contribution in [0.1, 0.15) is 34.1 Å². The molecule has 0 aromatic heterocycles. The summed E-state index contributed by atoms with van der Waals surface area (Å²) in [5.41, 5.74) is 0. The lowest BCUT2D eigenvalue weighted by molar-refractivity contribution is -0.147. The molecule has 5 nitrogen and oxygen atoms in total. The fraction of sp³-hybridized carbons (Fsp3) is 0.846. The van der Waals surface area contributed by atoms with E-state index in [1.165, 1.54) is 7.11 Å². The fourth-order valence-electron chi connectivity index (χ4n) is 1.55. The van der Waals surface area contributed by atoms with Crippen LogP contribution >= 0.6 is 0 Å². The van der Waals surface area contributed by atoms with Crippen molar-refractivity contribution in [1.29, 1.82) is 0 Å². The summed E-state index contributed by atoms with van der Waals surface area (Å²) in [6, 6.07) is -0.559. The van der Waals surface area contributed by atoms with E-state index in [-0.39, 0.29) is 23.7 Å². The Hall–Kier alpha value is -1.10. The van der Waals surface area contributed by atoms with Gasteiger partial charge in [-0.3, -0.25) is 4.79 Å². The molecule has 0 aromatic rings. The maximum atomic E-state index is 11.9. The summed E-state index contributed by atoms with van der Waals surface area (Å²) in [5, 5.41) is 5.89. The van der Waals surface area contributed by atoms with E-state index in [9.17, 15) is 9.59 Å². The van der Waals surface area contributed by atoms with Crippen LogP contribution in [0.2, 0.25) is 0 Å². The normalized spacial score (nSPS) is 15.6. The number of esters is 1. The van der Waals surface area contributed by atoms with E-state index in [1.54, 1.807) is 0 Å². The molecule has 0 saturated heterocycles. The molecule has 106 valence electrons. The summed E-state index contributed by atoms with van der Waals surface area (Å²) in [5.74, 6) is -0.603. The van der Waals surface area contributed by atoms with Crippen LogP contribution in [-0.4, -0.2) is 38.1 Å². The van der Waals surface area contributed by atoms with Gasteiger partial charge >= 0.3 is 5.97 Å². The number of carbonyl (C=O) groups excluding carboxylic acids is 2. The van der Waals surface area contributed by atoms with Crippen LogP contribution in [0.5, 0.6) is 0 Å². The largest absolute Gasteiger partial charge is 0.467 e. The van der Waals surface area contributed by atoms with E-state index in [0.29, 0.717) is 6.54 Å². The molecule has 0 bridgehead atoms. The van der Waals surface area contributed by atoms with Gasteiger partial charge in [0.05, 0.1) is 7.11 Å². The predicted molar refractivity (Wildman–Crippen MR) is 71.1 cm³/mol. The first-order valence-electron chi connectivity index (χ1n) is 6.56. The third kappa shape index (κ3) is 5.49. The molecule has 0 rings (SSSR count). The molecule has 0 fully saturated rings. The molecule has 0 radical (unpaired) electrons. The second kappa shape index (κ2) is 8.91. The van der Waals surface area contributed by atoms with E-state index < -0.39 is 6.04 Å². The highest BCUT2D eigenvalue weighted by Gasteiger charge is 2.28. The first-order chi connectivity index (χ1) is 8.47. The van der Waals surface area contributed by atoms with Crippen LogP contribution in [-0.2, 0) is 14.3 Å². The summed E-state index contributed by atoms with van der Waals surface area (Å²) in [6.07, 6.45) is 0.807. The van der Waals surface area contributed by atoms with Crippen molar-refractivity contribution in [2.75, 3.05) is 20.2 Å². The third-order valence-electron chi connectivity index (χ3n) is 3.11. The average molecular weight is 258 g/mol. The standard InChI is InChI=1S/C13H26N2O3/c1-6-9(3)11(13(17)18-5)15-12(16)10(4)8-14-7-2/h9-11,14H,6-8H2,1-5H3,(H,15,16). The molecule has 1 amide bonds. The monoisotopic (exact) mass is 258 g/mol. The molecule has 18 heavy (non-hydrogen) atoms. The smallest absolute Gasteiger partial charge is 0.328 e. The highest BCUT2D eigenvalue weighted by atomic mass is 16.5. The van der Waals surface area contributed by atoms with Crippen molar-refractivity contribution in [3.8, 4) is 0 Å². The van der Waals surface area contributed by atoms with Crippen LogP contribution in [0.4, 0.5) is 0 Å². The van der Waals surface area contributed by atoms with Gasteiger partial charge < -0.3 is 15.4 Å². The highest BCUT2D eigenvalue weighted by molar-refractivity contribution is 5.85. The maximum Gasteiger partial charge on any atom is 0.328 e. The number of methoxy groups -OCH3 is 1. The number of carbonyl (C=O) groups is 2. The summed E-state index contributed by atoms with van der Waals surface area (Å²) < 4.78 is 4.73. The summed E-state index contributed by atoms with van der Waals surface area (Å²) in [6.45, 7) is 9.16. The van der Waals surface area contributed by atoms with Crippen molar-refractivity contribution >= 4 is 11.9 Å². The molecular formula is C13H26N2O3. The van der Waals surface area contributed by atoms with E-state index in [2.05, 4.69) is 10.6 Å². The van der Waals surface area contributed by atoms with Gasteiger partial charge in [0, 0.05) is 12.5 Å². The number of nitrogens with one attached hydrogen (secondary N) is 2. The summed E-state index contributed by atoms with van der Waals surface area (Å²) in [4.78, 5) is 23.6. The Morgan fingerprint density at radius 3 is 2.28 bits per heavy atom. The Balaban J connectivity index is 4.48. The Kier molecular flexibility index (Phi) is 8.37. The lowest BCUT2D eigenvalue weighted by atomic mass is 9.98. The summed E-state index contributed by atoms with van der Waals surface area (Å²) in [7, 11) is 1.34. The van der Waals surface area contributed by atoms with Gasteiger partial charge in [0.1, 0.15) is 6.04 Å². The van der Waals surface area contributed by atoms with E-state index >= 15 is 0 Å². The Morgan fingerprint density at radius 1 is 1.22 bits per heavy atom. The van der Waals surface area contributed by atoms with Crippen molar-refractivity contribution < 1.29 is 14.3 Å². The highest BCUT2D eigenvalue weighted by Crippen LogP contribution is 2.10. The number of hydrogen-bond acceptors (Lipinski definition) is 4. The van der Waals surface area contributed by atoms with Crippen molar-refractivity contribution in [2.45, 2.75) is 40.2 Å². The van der Waals surface area contributed by atoms with E-state index in [0.717, 1.165) is 13.0 Å². The predicted octanol–water partition coefficient (Wildman–Crippen LogP) is 0.936. The lowest BCUT2D eigenvalue weighted by Crippen LogP contribution is -2.48. The number of rotatable bonds is 8. The molecule has 0 spiro atoms. The fourth-order valence-corrected chi connectivity index (χ4v) is 1.55. The Morgan fingerprint density at radius 2 is 1.83 bits per heavy atom. The Bertz CT molecular complexity index is 269. The van der Waals surface area contributed by atoms with Crippen molar-refractivity contribution in [2.24, 2.45) is 11.8 Å². The van der Waals surface area contributed by atoms with E-state index in [4.69, 9.17) is 4.74 Å². The van der Waals surface area contributed by atoms with Gasteiger partial charge in [-0.15, -0.1) is 0 Å². The SMILES string of the molecule is CCNCC(C)C(=O)NC(C(=O)OC)C(C)CC. The first-order valence-corrected chi connectivity index (χ1v) is 6.56. The van der Waals surface area contributed by atoms with Crippen LogP contribution in [0.3, 0.4) is 0 Å². The van der Waals surface area contributed by atoms with Crippen molar-refractivity contribution in [1.82, 2.24) is 10.6 Å². The molecule has 0 saturated carbocycles. The van der Waals surface area contributed by atoms with Crippen LogP contribution in [0.15, 0.2) is 0 Å². The molecule has 0 aromatic carbocycles. The minimum atomic E-state index is -0.559. The second-order valence-corrected chi connectivity index (χ2v) is 4.60. The zero-order valence-corrected chi connectivity index (χ0v) is 12.1. The molecule has 0 aliphatic carbocycles. The average Bonchev–Trinajstić information content (AvgIpc) is 2.39. The van der Waals surface area contributed by atoms with Gasteiger partial charge in [-0.1, -0.05) is 34.1 Å². The van der Waals surface area contributed by atoms with Gasteiger partial charge in [0.15, 0.2) is 0 Å². The molecule has 5 heteroatoms. The molecule has 3 unspecified atom stereocenters. The molecule has 2 N–H and O–H groups in total. The number of ether oxygens (including phenoxy) is 1. The lowest BCUT2D eigenvalue weighted by Gasteiger charge is -2.23. The minimum Gasteiger partial charge on any atom is -0.467 e. The summed E-state index contributed by atoms with van der Waals surface area (Å²) >= 11 is 0. The second-order valence-electron chi connectivity index (χ2n) is 4.60. The Labute approximate surface area is 110 Å². The van der Waals surface area contributed by atoms with Gasteiger partial charge in [-0.2, -0.15) is 0 Å². The molecule has 0 heterocycles. The van der Waals surface area contributed by atoms with Crippen LogP contribution < -0.4 is 10.6 Å². The molecular weight excluding hydrogens is 232 g/mol. The minimum absolute atomic E-state index is 0.0627. The van der Waals surface area contributed by atoms with Gasteiger partial charge in [0.25, 0.3) is 0 Å². The first kappa shape index (κ1) is 16.9. The third-order valence-corrected chi connectivity index (χ3v) is 3.11. The number of amides is 1. The van der Waals surface area contributed by atoms with Gasteiger partial charge in [0.2, 0.25) is 5.91 Å². The zero-order chi connectivity index (χ0) is 14.1. The van der Waals surface area contributed by atoms with Gasteiger partial charge in [-0.05, 0) is 12.5 Å².